The van der Waals surface area contributed by atoms with Gasteiger partial charge in [-0.05, 0) is 13.8 Å². The molecular formula is C7H15N3O2. The number of amides is 2. The van der Waals surface area contributed by atoms with E-state index in [-0.39, 0.29) is 18.5 Å². The largest absolute Gasteiger partial charge is 0.352 e. The van der Waals surface area contributed by atoms with Crippen molar-refractivity contribution in [3.8, 4) is 0 Å². The van der Waals surface area contributed by atoms with Gasteiger partial charge in [-0.1, -0.05) is 0 Å². The smallest absolute Gasteiger partial charge is 0.244 e. The van der Waals surface area contributed by atoms with Gasteiger partial charge < -0.3 is 16.4 Å². The highest BCUT2D eigenvalue weighted by molar-refractivity contribution is 5.83. The monoisotopic (exact) mass is 173 g/mol. The molecule has 4 N–H and O–H groups in total. The van der Waals surface area contributed by atoms with Crippen LogP contribution in [0.5, 0.6) is 0 Å². The van der Waals surface area contributed by atoms with Crippen molar-refractivity contribution in [2.45, 2.75) is 25.9 Å². The molecule has 5 nitrogen and oxygen atoms in total. The second-order valence-corrected chi connectivity index (χ2v) is 2.74. The van der Waals surface area contributed by atoms with Crippen molar-refractivity contribution >= 4 is 12.3 Å². The molecule has 0 saturated carbocycles. The summed E-state index contributed by atoms with van der Waals surface area (Å²) in [4.78, 5) is 21.2. The Balaban J connectivity index is 3.93. The van der Waals surface area contributed by atoms with Crippen LogP contribution in [0.2, 0.25) is 0 Å². The number of hydrogen-bond acceptors (Lipinski definition) is 3. The van der Waals surface area contributed by atoms with E-state index in [0.717, 1.165) is 0 Å². The predicted molar refractivity (Wildman–Crippen MR) is 45.3 cm³/mol. The van der Waals surface area contributed by atoms with Crippen molar-refractivity contribution in [1.82, 2.24) is 10.6 Å². The summed E-state index contributed by atoms with van der Waals surface area (Å²) in [5.74, 6) is -0.250. The van der Waals surface area contributed by atoms with Crippen LogP contribution in [0.15, 0.2) is 0 Å². The van der Waals surface area contributed by atoms with Crippen molar-refractivity contribution < 1.29 is 9.59 Å². The maximum absolute atomic E-state index is 11.2. The van der Waals surface area contributed by atoms with Crippen LogP contribution in [0, 0.1) is 0 Å². The Bertz CT molecular complexity index is 159. The number of carbonyl (C=O) groups excluding carboxylic acids is 2. The fourth-order valence-electron chi connectivity index (χ4n) is 0.718. The molecule has 0 aromatic heterocycles. The quantitative estimate of drug-likeness (QED) is 0.446. The van der Waals surface area contributed by atoms with Crippen LogP contribution in [0.25, 0.3) is 0 Å². The third kappa shape index (κ3) is 3.92. The SMILES string of the molecule is CC(C)NC(=O)C(CN)NC=O. The molecule has 0 radical (unpaired) electrons. The van der Waals surface area contributed by atoms with E-state index in [4.69, 9.17) is 5.73 Å². The molecule has 0 aliphatic rings. The Morgan fingerprint density at radius 2 is 2.17 bits per heavy atom. The number of nitrogens with two attached hydrogens (primary N) is 1. The van der Waals surface area contributed by atoms with Crippen LogP contribution in [-0.2, 0) is 9.59 Å². The summed E-state index contributed by atoms with van der Waals surface area (Å²) in [6.45, 7) is 3.79. The summed E-state index contributed by atoms with van der Waals surface area (Å²) in [5, 5.41) is 4.96. The molecule has 5 heteroatoms. The van der Waals surface area contributed by atoms with Crippen molar-refractivity contribution in [2.75, 3.05) is 6.54 Å². The summed E-state index contributed by atoms with van der Waals surface area (Å²) in [6.07, 6.45) is 0.470. The van der Waals surface area contributed by atoms with Crippen LogP contribution >= 0.6 is 0 Å². The maximum atomic E-state index is 11.2. The highest BCUT2D eigenvalue weighted by Crippen LogP contribution is 1.82. The third-order valence-electron chi connectivity index (χ3n) is 1.25. The van der Waals surface area contributed by atoms with Crippen molar-refractivity contribution in [3.05, 3.63) is 0 Å². The third-order valence-corrected chi connectivity index (χ3v) is 1.25. The van der Waals surface area contributed by atoms with Crippen LogP contribution in [0.1, 0.15) is 13.8 Å². The van der Waals surface area contributed by atoms with Gasteiger partial charge in [-0.15, -0.1) is 0 Å². The fraction of sp³-hybridized carbons (Fsp3) is 0.714. The average Bonchev–Trinajstić information content (AvgIpc) is 1.98. The van der Waals surface area contributed by atoms with Crippen molar-refractivity contribution in [1.29, 1.82) is 0 Å². The summed E-state index contributed by atoms with van der Waals surface area (Å²) >= 11 is 0. The maximum Gasteiger partial charge on any atom is 0.244 e. The molecule has 0 aromatic carbocycles. The number of rotatable bonds is 5. The van der Waals surface area contributed by atoms with E-state index in [1.54, 1.807) is 0 Å². The molecule has 0 aliphatic carbocycles. The van der Waals surface area contributed by atoms with Crippen LogP contribution in [-0.4, -0.2) is 30.9 Å². The van der Waals surface area contributed by atoms with E-state index in [9.17, 15) is 9.59 Å². The van der Waals surface area contributed by atoms with Gasteiger partial charge in [-0.2, -0.15) is 0 Å². The first-order chi connectivity index (χ1) is 5.61. The van der Waals surface area contributed by atoms with Crippen molar-refractivity contribution in [3.63, 3.8) is 0 Å². The molecule has 0 fully saturated rings. The lowest BCUT2D eigenvalue weighted by Gasteiger charge is -2.15. The Hall–Kier alpha value is -1.10. The number of hydrogen-bond donors (Lipinski definition) is 3. The van der Waals surface area contributed by atoms with Gasteiger partial charge in [0.15, 0.2) is 0 Å². The topological polar surface area (TPSA) is 84.2 Å². The van der Waals surface area contributed by atoms with E-state index >= 15 is 0 Å². The molecule has 0 rings (SSSR count). The minimum atomic E-state index is -0.620. The Morgan fingerprint density at radius 1 is 1.58 bits per heavy atom. The Labute approximate surface area is 71.7 Å². The lowest BCUT2D eigenvalue weighted by Crippen LogP contribution is -2.49. The molecule has 0 aromatic rings. The number of nitrogens with one attached hydrogen (secondary N) is 2. The molecule has 0 saturated heterocycles. The average molecular weight is 173 g/mol. The first-order valence-electron chi connectivity index (χ1n) is 3.82. The fourth-order valence-corrected chi connectivity index (χ4v) is 0.718. The lowest BCUT2D eigenvalue weighted by atomic mass is 10.2. The molecule has 12 heavy (non-hydrogen) atoms. The van der Waals surface area contributed by atoms with Gasteiger partial charge in [-0.3, -0.25) is 9.59 Å². The highest BCUT2D eigenvalue weighted by atomic mass is 16.2. The van der Waals surface area contributed by atoms with Crippen molar-refractivity contribution in [2.24, 2.45) is 5.73 Å². The molecular weight excluding hydrogens is 158 g/mol. The van der Waals surface area contributed by atoms with Crippen LogP contribution in [0.4, 0.5) is 0 Å². The zero-order valence-corrected chi connectivity index (χ0v) is 7.33. The van der Waals surface area contributed by atoms with E-state index in [2.05, 4.69) is 10.6 Å². The molecule has 70 valence electrons. The molecule has 1 atom stereocenters. The second-order valence-electron chi connectivity index (χ2n) is 2.74. The molecule has 0 spiro atoms. The first-order valence-corrected chi connectivity index (χ1v) is 3.82. The summed E-state index contributed by atoms with van der Waals surface area (Å²) < 4.78 is 0. The van der Waals surface area contributed by atoms with E-state index in [1.807, 2.05) is 13.8 Å². The van der Waals surface area contributed by atoms with Gasteiger partial charge in [0, 0.05) is 12.6 Å². The van der Waals surface area contributed by atoms with E-state index < -0.39 is 6.04 Å². The summed E-state index contributed by atoms with van der Waals surface area (Å²) in [6, 6.07) is -0.565. The zero-order chi connectivity index (χ0) is 9.56. The Kier molecular flexibility index (Phi) is 5.03. The molecule has 0 heterocycles. The van der Waals surface area contributed by atoms with Gasteiger partial charge >= 0.3 is 0 Å². The molecule has 0 aliphatic heterocycles. The van der Waals surface area contributed by atoms with Gasteiger partial charge in [0.05, 0.1) is 0 Å². The van der Waals surface area contributed by atoms with Crippen LogP contribution in [0.3, 0.4) is 0 Å². The van der Waals surface area contributed by atoms with Crippen LogP contribution < -0.4 is 16.4 Å². The minimum Gasteiger partial charge on any atom is -0.352 e. The standard InChI is InChI=1S/C7H15N3O2/c1-5(2)10-7(12)6(3-8)9-4-11/h4-6H,3,8H2,1-2H3,(H,9,11)(H,10,12). The summed E-state index contributed by atoms with van der Waals surface area (Å²) in [7, 11) is 0. The second kappa shape index (κ2) is 5.54. The molecule has 2 amide bonds. The van der Waals surface area contributed by atoms with E-state index in [1.165, 1.54) is 0 Å². The van der Waals surface area contributed by atoms with Gasteiger partial charge in [0.25, 0.3) is 0 Å². The Morgan fingerprint density at radius 3 is 2.50 bits per heavy atom. The van der Waals surface area contributed by atoms with Gasteiger partial charge in [0.2, 0.25) is 12.3 Å². The highest BCUT2D eigenvalue weighted by Gasteiger charge is 2.15. The van der Waals surface area contributed by atoms with E-state index in [0.29, 0.717) is 6.41 Å². The van der Waals surface area contributed by atoms with Gasteiger partial charge in [-0.25, -0.2) is 0 Å². The zero-order valence-electron chi connectivity index (χ0n) is 7.33. The van der Waals surface area contributed by atoms with Gasteiger partial charge in [0.1, 0.15) is 6.04 Å². The predicted octanol–water partition coefficient (Wildman–Crippen LogP) is -1.42. The lowest BCUT2D eigenvalue weighted by molar-refractivity contribution is -0.125. The molecule has 1 unspecified atom stereocenters. The first kappa shape index (κ1) is 10.9. The molecule has 0 bridgehead atoms. The minimum absolute atomic E-state index is 0.0556. The normalized spacial score (nSPS) is 12.3. The summed E-state index contributed by atoms with van der Waals surface area (Å²) in [5.41, 5.74) is 5.25. The number of carbonyl (C=O) groups is 2.